The van der Waals surface area contributed by atoms with E-state index in [-0.39, 0.29) is 17.6 Å². The largest absolute Gasteiger partial charge is 0.462 e. The summed E-state index contributed by atoms with van der Waals surface area (Å²) in [6.45, 7) is 7.53. The van der Waals surface area contributed by atoms with Crippen LogP contribution in [-0.4, -0.2) is 22.1 Å². The highest BCUT2D eigenvalue weighted by molar-refractivity contribution is 5.95. The molecule has 0 aliphatic rings. The smallest absolute Gasteiger partial charge is 0.343 e. The van der Waals surface area contributed by atoms with Gasteiger partial charge in [-0.25, -0.2) is 4.79 Å². The highest BCUT2D eigenvalue weighted by atomic mass is 16.5. The molecule has 0 aliphatic carbocycles. The minimum atomic E-state index is -0.582. The predicted octanol–water partition coefficient (Wildman–Crippen LogP) is 2.04. The molecule has 0 amide bonds. The third-order valence-electron chi connectivity index (χ3n) is 3.48. The molecule has 2 aromatic rings. The zero-order valence-electron chi connectivity index (χ0n) is 12.4. The molecule has 2 aromatic heterocycles. The Morgan fingerprint density at radius 2 is 1.95 bits per heavy atom. The van der Waals surface area contributed by atoms with Crippen molar-refractivity contribution in [1.29, 1.82) is 0 Å². The van der Waals surface area contributed by atoms with Gasteiger partial charge < -0.3 is 9.30 Å². The van der Waals surface area contributed by atoms with Crippen LogP contribution in [-0.2, 0) is 11.8 Å². The number of hydrogen-bond acceptors (Lipinski definition) is 4. The molecule has 0 aliphatic heterocycles. The van der Waals surface area contributed by atoms with E-state index in [1.807, 2.05) is 20.8 Å². The fraction of sp³-hybridized carbons (Fsp3) is 0.400. The van der Waals surface area contributed by atoms with Crippen LogP contribution in [0.3, 0.4) is 0 Å². The van der Waals surface area contributed by atoms with Gasteiger partial charge in [-0.15, -0.1) is 0 Å². The standard InChI is InChI=1S/C15H18N2O3/c1-6-20-15(19)11-7-17(5)13-10(4)16-9(3)8(2)12(13)14(11)18/h7H,6H2,1-5H3. The van der Waals surface area contributed by atoms with E-state index in [0.29, 0.717) is 5.39 Å². The molecule has 0 fully saturated rings. The van der Waals surface area contributed by atoms with E-state index in [2.05, 4.69) is 4.98 Å². The van der Waals surface area contributed by atoms with Gasteiger partial charge in [-0.05, 0) is 33.3 Å². The summed E-state index contributed by atoms with van der Waals surface area (Å²) in [5.74, 6) is -0.582. The molecule has 20 heavy (non-hydrogen) atoms. The lowest BCUT2D eigenvalue weighted by atomic mass is 10.0. The average Bonchev–Trinajstić information content (AvgIpc) is 2.38. The first-order chi connectivity index (χ1) is 9.38. The highest BCUT2D eigenvalue weighted by Gasteiger charge is 2.19. The van der Waals surface area contributed by atoms with E-state index in [1.54, 1.807) is 18.5 Å². The molecule has 0 unspecified atom stereocenters. The molecule has 0 atom stereocenters. The Kier molecular flexibility index (Phi) is 3.61. The lowest BCUT2D eigenvalue weighted by Crippen LogP contribution is -2.22. The number of pyridine rings is 2. The van der Waals surface area contributed by atoms with E-state index >= 15 is 0 Å². The number of rotatable bonds is 2. The molecule has 0 N–H and O–H groups in total. The van der Waals surface area contributed by atoms with Gasteiger partial charge in [0.1, 0.15) is 5.56 Å². The van der Waals surface area contributed by atoms with Gasteiger partial charge >= 0.3 is 5.97 Å². The molecule has 5 nitrogen and oxygen atoms in total. The first kappa shape index (κ1) is 14.2. The van der Waals surface area contributed by atoms with E-state index in [4.69, 9.17) is 4.74 Å². The zero-order valence-corrected chi connectivity index (χ0v) is 12.4. The van der Waals surface area contributed by atoms with Crippen LogP contribution in [0.2, 0.25) is 0 Å². The Labute approximate surface area is 117 Å². The number of hydrogen-bond donors (Lipinski definition) is 0. The molecule has 0 aromatic carbocycles. The third-order valence-corrected chi connectivity index (χ3v) is 3.48. The Morgan fingerprint density at radius 3 is 2.55 bits per heavy atom. The van der Waals surface area contributed by atoms with Crippen molar-refractivity contribution in [2.75, 3.05) is 6.61 Å². The van der Waals surface area contributed by atoms with Crippen LogP contribution in [0.4, 0.5) is 0 Å². The maximum absolute atomic E-state index is 12.6. The quantitative estimate of drug-likeness (QED) is 0.786. The van der Waals surface area contributed by atoms with Gasteiger partial charge in [-0.1, -0.05) is 0 Å². The van der Waals surface area contributed by atoms with Crippen molar-refractivity contribution in [3.8, 4) is 0 Å². The highest BCUT2D eigenvalue weighted by Crippen LogP contribution is 2.20. The van der Waals surface area contributed by atoms with Crippen LogP contribution in [0.15, 0.2) is 11.0 Å². The number of ether oxygens (including phenoxy) is 1. The van der Waals surface area contributed by atoms with Gasteiger partial charge in [0.2, 0.25) is 5.43 Å². The van der Waals surface area contributed by atoms with Gasteiger partial charge in [-0.3, -0.25) is 9.78 Å². The summed E-state index contributed by atoms with van der Waals surface area (Å²) in [6, 6.07) is 0. The summed E-state index contributed by atoms with van der Waals surface area (Å²) in [4.78, 5) is 28.9. The van der Waals surface area contributed by atoms with Crippen LogP contribution in [0.25, 0.3) is 10.9 Å². The van der Waals surface area contributed by atoms with Gasteiger partial charge in [0.15, 0.2) is 0 Å². The van der Waals surface area contributed by atoms with Gasteiger partial charge in [0.25, 0.3) is 0 Å². The summed E-state index contributed by atoms with van der Waals surface area (Å²) in [6.07, 6.45) is 1.52. The maximum Gasteiger partial charge on any atom is 0.343 e. The molecule has 0 spiro atoms. The second kappa shape index (κ2) is 5.07. The fourth-order valence-electron chi connectivity index (χ4n) is 2.44. The van der Waals surface area contributed by atoms with Crippen LogP contribution in [0.5, 0.6) is 0 Å². The Hall–Kier alpha value is -2.17. The molecule has 0 saturated carbocycles. The molecule has 0 bridgehead atoms. The van der Waals surface area contributed by atoms with Crippen molar-refractivity contribution in [2.45, 2.75) is 27.7 Å². The lowest BCUT2D eigenvalue weighted by Gasteiger charge is -2.13. The predicted molar refractivity (Wildman–Crippen MR) is 77.2 cm³/mol. The van der Waals surface area contributed by atoms with Crippen LogP contribution in [0, 0.1) is 20.8 Å². The fourth-order valence-corrected chi connectivity index (χ4v) is 2.44. The average molecular weight is 274 g/mol. The van der Waals surface area contributed by atoms with Gasteiger partial charge in [0.05, 0.1) is 23.2 Å². The molecule has 2 rings (SSSR count). The molecular weight excluding hydrogens is 256 g/mol. The van der Waals surface area contributed by atoms with Crippen LogP contribution in [0.1, 0.15) is 34.2 Å². The second-order valence-corrected chi connectivity index (χ2v) is 4.83. The number of aromatic nitrogens is 2. The minimum Gasteiger partial charge on any atom is -0.462 e. The zero-order chi connectivity index (χ0) is 15.0. The maximum atomic E-state index is 12.6. The Morgan fingerprint density at radius 1 is 1.30 bits per heavy atom. The SMILES string of the molecule is CCOC(=O)c1cn(C)c2c(C)nc(C)c(C)c2c1=O. The molecule has 2 heterocycles. The number of carbonyl (C=O) groups excluding carboxylic acids is 1. The van der Waals surface area contributed by atoms with Crippen molar-refractivity contribution < 1.29 is 9.53 Å². The third kappa shape index (κ3) is 2.09. The molecule has 0 radical (unpaired) electrons. The lowest BCUT2D eigenvalue weighted by molar-refractivity contribution is 0.0524. The van der Waals surface area contributed by atoms with Crippen molar-refractivity contribution in [1.82, 2.24) is 9.55 Å². The van der Waals surface area contributed by atoms with Crippen molar-refractivity contribution >= 4 is 16.9 Å². The van der Waals surface area contributed by atoms with E-state index in [1.165, 1.54) is 6.20 Å². The molecule has 106 valence electrons. The van der Waals surface area contributed by atoms with Crippen LogP contribution < -0.4 is 5.43 Å². The van der Waals surface area contributed by atoms with E-state index < -0.39 is 5.97 Å². The van der Waals surface area contributed by atoms with Crippen molar-refractivity contribution in [3.05, 3.63) is 38.9 Å². The number of esters is 1. The van der Waals surface area contributed by atoms with Crippen molar-refractivity contribution in [3.63, 3.8) is 0 Å². The number of fused-ring (bicyclic) bond motifs is 1. The summed E-state index contributed by atoms with van der Waals surface area (Å²) >= 11 is 0. The Balaban J connectivity index is 2.92. The molecule has 5 heteroatoms. The normalized spacial score (nSPS) is 10.8. The van der Waals surface area contributed by atoms with Gasteiger partial charge in [-0.2, -0.15) is 0 Å². The van der Waals surface area contributed by atoms with E-state index in [0.717, 1.165) is 22.5 Å². The Bertz CT molecular complexity index is 760. The number of aryl methyl sites for hydroxylation is 4. The van der Waals surface area contributed by atoms with Crippen LogP contribution >= 0.6 is 0 Å². The molecule has 0 saturated heterocycles. The summed E-state index contributed by atoms with van der Waals surface area (Å²) < 4.78 is 6.71. The summed E-state index contributed by atoms with van der Waals surface area (Å²) in [7, 11) is 1.80. The monoisotopic (exact) mass is 274 g/mol. The van der Waals surface area contributed by atoms with Gasteiger partial charge in [0, 0.05) is 18.9 Å². The summed E-state index contributed by atoms with van der Waals surface area (Å²) in [5.41, 5.74) is 2.91. The van der Waals surface area contributed by atoms with E-state index in [9.17, 15) is 9.59 Å². The summed E-state index contributed by atoms with van der Waals surface area (Å²) in [5, 5.41) is 0.544. The second-order valence-electron chi connectivity index (χ2n) is 4.83. The number of carbonyl (C=O) groups is 1. The topological polar surface area (TPSA) is 61.2 Å². The molecular formula is C15H18N2O3. The minimum absolute atomic E-state index is 0.0648. The number of nitrogens with zero attached hydrogens (tertiary/aromatic N) is 2. The van der Waals surface area contributed by atoms with Crippen molar-refractivity contribution in [2.24, 2.45) is 7.05 Å². The first-order valence-corrected chi connectivity index (χ1v) is 6.52. The first-order valence-electron chi connectivity index (χ1n) is 6.52.